The predicted molar refractivity (Wildman–Crippen MR) is 63.2 cm³/mol. The fraction of sp³-hybridized carbons (Fsp3) is 0.273. The van der Waals surface area contributed by atoms with E-state index in [1.54, 1.807) is 18.2 Å². The topological polar surface area (TPSA) is 64.9 Å². The fourth-order valence-electron chi connectivity index (χ4n) is 1.34. The van der Waals surface area contributed by atoms with E-state index in [1.165, 1.54) is 0 Å². The molecular weight excluding hydrogens is 226 g/mol. The van der Waals surface area contributed by atoms with Crippen LogP contribution in [-0.4, -0.2) is 10.1 Å². The number of benzene rings is 1. The Morgan fingerprint density at radius 1 is 1.38 bits per heavy atom. The summed E-state index contributed by atoms with van der Waals surface area (Å²) >= 11 is 6.05. The van der Waals surface area contributed by atoms with Gasteiger partial charge >= 0.3 is 0 Å². The normalized spacial score (nSPS) is 11.0. The van der Waals surface area contributed by atoms with Crippen LogP contribution in [-0.2, 0) is 0 Å². The SMILES string of the molecule is CC(C)c1noc(-c2c(N)cccc2Cl)n1. The van der Waals surface area contributed by atoms with Crippen LogP contribution in [0, 0.1) is 0 Å². The van der Waals surface area contributed by atoms with Crippen LogP contribution in [0.3, 0.4) is 0 Å². The molecule has 0 spiro atoms. The van der Waals surface area contributed by atoms with Crippen LogP contribution >= 0.6 is 11.6 Å². The average Bonchev–Trinajstić information content (AvgIpc) is 2.66. The quantitative estimate of drug-likeness (QED) is 0.816. The third-order valence-electron chi connectivity index (χ3n) is 2.22. The fourth-order valence-corrected chi connectivity index (χ4v) is 1.60. The van der Waals surface area contributed by atoms with Crippen LogP contribution in [0.5, 0.6) is 0 Å². The van der Waals surface area contributed by atoms with Crippen molar-refractivity contribution in [3.05, 3.63) is 29.0 Å². The number of hydrogen-bond donors (Lipinski definition) is 1. The van der Waals surface area contributed by atoms with E-state index in [9.17, 15) is 0 Å². The molecule has 84 valence electrons. The first-order valence-corrected chi connectivity index (χ1v) is 5.35. The lowest BCUT2D eigenvalue weighted by Gasteiger charge is -2.01. The Bertz CT molecular complexity index is 487. The number of hydrogen-bond acceptors (Lipinski definition) is 4. The zero-order valence-corrected chi connectivity index (χ0v) is 9.82. The molecule has 1 aromatic carbocycles. The molecule has 2 rings (SSSR count). The summed E-state index contributed by atoms with van der Waals surface area (Å²) < 4.78 is 5.15. The van der Waals surface area contributed by atoms with Gasteiger partial charge in [-0.05, 0) is 12.1 Å². The molecule has 0 amide bonds. The van der Waals surface area contributed by atoms with Crippen LogP contribution < -0.4 is 5.73 Å². The smallest absolute Gasteiger partial charge is 0.261 e. The van der Waals surface area contributed by atoms with Gasteiger partial charge in [0.1, 0.15) is 0 Å². The number of rotatable bonds is 2. The summed E-state index contributed by atoms with van der Waals surface area (Å²) in [4.78, 5) is 4.26. The molecule has 0 aliphatic heterocycles. The van der Waals surface area contributed by atoms with Crippen LogP contribution in [0.25, 0.3) is 11.5 Å². The predicted octanol–water partition coefficient (Wildman–Crippen LogP) is 3.10. The maximum atomic E-state index is 6.05. The molecule has 0 saturated carbocycles. The van der Waals surface area contributed by atoms with Crippen LogP contribution in [0.2, 0.25) is 5.02 Å². The monoisotopic (exact) mass is 237 g/mol. The molecule has 1 heterocycles. The molecule has 16 heavy (non-hydrogen) atoms. The number of aromatic nitrogens is 2. The second-order valence-corrected chi connectivity index (χ2v) is 4.22. The highest BCUT2D eigenvalue weighted by atomic mass is 35.5. The van der Waals surface area contributed by atoms with Crippen molar-refractivity contribution in [3.63, 3.8) is 0 Å². The molecule has 0 fully saturated rings. The lowest BCUT2D eigenvalue weighted by atomic mass is 10.1. The molecule has 0 aliphatic carbocycles. The van der Waals surface area contributed by atoms with Crippen molar-refractivity contribution in [1.29, 1.82) is 0 Å². The van der Waals surface area contributed by atoms with Crippen molar-refractivity contribution in [2.45, 2.75) is 19.8 Å². The van der Waals surface area contributed by atoms with Gasteiger partial charge in [0, 0.05) is 11.6 Å². The van der Waals surface area contributed by atoms with Crippen LogP contribution in [0.4, 0.5) is 5.69 Å². The maximum Gasteiger partial charge on any atom is 0.261 e. The van der Waals surface area contributed by atoms with Gasteiger partial charge < -0.3 is 10.3 Å². The van der Waals surface area contributed by atoms with E-state index < -0.39 is 0 Å². The molecule has 0 bridgehead atoms. The van der Waals surface area contributed by atoms with Crippen LogP contribution in [0.1, 0.15) is 25.6 Å². The van der Waals surface area contributed by atoms with Crippen molar-refractivity contribution in [1.82, 2.24) is 10.1 Å². The number of nitrogens with two attached hydrogens (primary N) is 1. The van der Waals surface area contributed by atoms with Crippen LogP contribution in [0.15, 0.2) is 22.7 Å². The lowest BCUT2D eigenvalue weighted by Crippen LogP contribution is -1.92. The van der Waals surface area contributed by atoms with Gasteiger partial charge in [0.15, 0.2) is 5.82 Å². The summed E-state index contributed by atoms with van der Waals surface area (Å²) in [5, 5.41) is 4.39. The van der Waals surface area contributed by atoms with Gasteiger partial charge in [0.05, 0.1) is 10.6 Å². The van der Waals surface area contributed by atoms with Gasteiger partial charge in [0.2, 0.25) is 0 Å². The summed E-state index contributed by atoms with van der Waals surface area (Å²) in [6, 6.07) is 5.27. The largest absolute Gasteiger partial charge is 0.398 e. The molecule has 5 heteroatoms. The maximum absolute atomic E-state index is 6.05. The van der Waals surface area contributed by atoms with E-state index in [1.807, 2.05) is 13.8 Å². The minimum Gasteiger partial charge on any atom is -0.398 e. The molecule has 0 aliphatic rings. The first-order valence-electron chi connectivity index (χ1n) is 4.97. The molecule has 0 unspecified atom stereocenters. The minimum absolute atomic E-state index is 0.209. The number of halogens is 1. The highest BCUT2D eigenvalue weighted by molar-refractivity contribution is 6.33. The van der Waals surface area contributed by atoms with Gasteiger partial charge in [-0.2, -0.15) is 4.98 Å². The number of anilines is 1. The van der Waals surface area contributed by atoms with Gasteiger partial charge in [-0.15, -0.1) is 0 Å². The standard InChI is InChI=1S/C11H12ClN3O/c1-6(2)10-14-11(16-15-10)9-7(12)4-3-5-8(9)13/h3-6H,13H2,1-2H3. The average molecular weight is 238 g/mol. The Morgan fingerprint density at radius 2 is 2.12 bits per heavy atom. The Hall–Kier alpha value is -1.55. The Labute approximate surface area is 98.4 Å². The molecule has 4 nitrogen and oxygen atoms in total. The highest BCUT2D eigenvalue weighted by Crippen LogP contribution is 2.32. The van der Waals surface area contributed by atoms with E-state index in [4.69, 9.17) is 21.9 Å². The second kappa shape index (κ2) is 4.14. The van der Waals surface area contributed by atoms with E-state index in [2.05, 4.69) is 10.1 Å². The molecular formula is C11H12ClN3O. The summed E-state index contributed by atoms with van der Waals surface area (Å²) in [5.41, 5.74) is 6.96. The highest BCUT2D eigenvalue weighted by Gasteiger charge is 2.16. The third kappa shape index (κ3) is 1.88. The first kappa shape index (κ1) is 11.0. The van der Waals surface area contributed by atoms with E-state index in [0.29, 0.717) is 28.0 Å². The van der Waals surface area contributed by atoms with Crippen molar-refractivity contribution in [3.8, 4) is 11.5 Å². The summed E-state index contributed by atoms with van der Waals surface area (Å²) in [5.74, 6) is 1.22. The van der Waals surface area contributed by atoms with E-state index in [0.717, 1.165) is 0 Å². The third-order valence-corrected chi connectivity index (χ3v) is 2.53. The Kier molecular flexibility index (Phi) is 2.83. The molecule has 0 saturated heterocycles. The number of nitrogen functional groups attached to an aromatic ring is 1. The minimum atomic E-state index is 0.209. The van der Waals surface area contributed by atoms with Crippen molar-refractivity contribution in [2.75, 3.05) is 5.73 Å². The van der Waals surface area contributed by atoms with E-state index in [-0.39, 0.29) is 5.92 Å². The molecule has 0 radical (unpaired) electrons. The van der Waals surface area contributed by atoms with Gasteiger partial charge in [-0.25, -0.2) is 0 Å². The molecule has 1 aromatic heterocycles. The lowest BCUT2D eigenvalue weighted by molar-refractivity contribution is 0.419. The van der Waals surface area contributed by atoms with E-state index >= 15 is 0 Å². The summed E-state index contributed by atoms with van der Waals surface area (Å²) in [6.45, 7) is 3.98. The molecule has 0 atom stereocenters. The zero-order valence-electron chi connectivity index (χ0n) is 9.07. The van der Waals surface area contributed by atoms with Gasteiger partial charge in [-0.3, -0.25) is 0 Å². The van der Waals surface area contributed by atoms with Gasteiger partial charge in [-0.1, -0.05) is 36.7 Å². The number of nitrogens with zero attached hydrogens (tertiary/aromatic N) is 2. The van der Waals surface area contributed by atoms with Crippen molar-refractivity contribution in [2.24, 2.45) is 0 Å². The first-order chi connectivity index (χ1) is 7.59. The van der Waals surface area contributed by atoms with Gasteiger partial charge in [0.25, 0.3) is 5.89 Å². The Balaban J connectivity index is 2.50. The van der Waals surface area contributed by atoms with Crippen molar-refractivity contribution < 1.29 is 4.52 Å². The molecule has 2 aromatic rings. The molecule has 2 N–H and O–H groups in total. The summed E-state index contributed by atoms with van der Waals surface area (Å²) in [7, 11) is 0. The van der Waals surface area contributed by atoms with Crippen molar-refractivity contribution >= 4 is 17.3 Å². The second-order valence-electron chi connectivity index (χ2n) is 3.82. The zero-order chi connectivity index (χ0) is 11.7. The Morgan fingerprint density at radius 3 is 2.69 bits per heavy atom. The summed E-state index contributed by atoms with van der Waals surface area (Å²) in [6.07, 6.45) is 0.